The summed E-state index contributed by atoms with van der Waals surface area (Å²) in [6.07, 6.45) is 2.99. The molecule has 0 aliphatic carbocycles. The number of halogens is 1. The molecule has 26 heavy (non-hydrogen) atoms. The van der Waals surface area contributed by atoms with E-state index in [0.29, 0.717) is 23.6 Å². The smallest absolute Gasteiger partial charge is 0.338 e. The van der Waals surface area contributed by atoms with Crippen LogP contribution in [0.25, 0.3) is 0 Å². The first-order chi connectivity index (χ1) is 12.6. The predicted octanol–water partition coefficient (Wildman–Crippen LogP) is 4.81. The fraction of sp³-hybridized carbons (Fsp3) is 0.300. The van der Waals surface area contributed by atoms with Crippen molar-refractivity contribution in [3.63, 3.8) is 0 Å². The van der Waals surface area contributed by atoms with E-state index >= 15 is 0 Å². The molecule has 138 valence electrons. The van der Waals surface area contributed by atoms with E-state index in [-0.39, 0.29) is 18.5 Å². The standard InChI is InChI=1S/C20H22BrNO4/c1-2-3-4-13-25-20(24)15-5-9-17(10-6-15)22-19(23)14-26-18-11-7-16(21)8-12-18/h5-12H,2-4,13-14H2,1H3,(H,22,23). The van der Waals surface area contributed by atoms with Gasteiger partial charge in [0.25, 0.3) is 5.91 Å². The van der Waals surface area contributed by atoms with Crippen molar-refractivity contribution in [2.75, 3.05) is 18.5 Å². The monoisotopic (exact) mass is 419 g/mol. The number of benzene rings is 2. The minimum atomic E-state index is -0.349. The van der Waals surface area contributed by atoms with Crippen LogP contribution in [0.2, 0.25) is 0 Å². The molecule has 0 spiro atoms. The third-order valence-corrected chi connectivity index (χ3v) is 4.10. The van der Waals surface area contributed by atoms with Crippen LogP contribution < -0.4 is 10.1 Å². The Morgan fingerprint density at radius 3 is 2.35 bits per heavy atom. The first-order valence-electron chi connectivity index (χ1n) is 8.54. The molecule has 1 N–H and O–H groups in total. The lowest BCUT2D eigenvalue weighted by atomic mass is 10.2. The van der Waals surface area contributed by atoms with Gasteiger partial charge in [0.1, 0.15) is 5.75 Å². The molecule has 0 saturated heterocycles. The number of nitrogens with one attached hydrogen (secondary N) is 1. The van der Waals surface area contributed by atoms with E-state index in [1.54, 1.807) is 36.4 Å². The van der Waals surface area contributed by atoms with Crippen LogP contribution in [-0.2, 0) is 9.53 Å². The Morgan fingerprint density at radius 2 is 1.69 bits per heavy atom. The van der Waals surface area contributed by atoms with Crippen molar-refractivity contribution >= 4 is 33.5 Å². The number of carbonyl (C=O) groups is 2. The van der Waals surface area contributed by atoms with Crippen LogP contribution >= 0.6 is 15.9 Å². The van der Waals surface area contributed by atoms with Crippen molar-refractivity contribution in [3.8, 4) is 5.75 Å². The quantitative estimate of drug-likeness (QED) is 0.467. The summed E-state index contributed by atoms with van der Waals surface area (Å²) in [5.74, 6) is -0.00937. The van der Waals surface area contributed by atoms with E-state index in [4.69, 9.17) is 9.47 Å². The Hall–Kier alpha value is -2.34. The molecule has 2 aromatic rings. The van der Waals surface area contributed by atoms with Crippen LogP contribution in [-0.4, -0.2) is 25.1 Å². The molecule has 0 heterocycles. The van der Waals surface area contributed by atoms with Crippen LogP contribution in [0, 0.1) is 0 Å². The highest BCUT2D eigenvalue weighted by atomic mass is 79.9. The molecule has 5 nitrogen and oxygen atoms in total. The third kappa shape index (κ3) is 6.88. The molecular formula is C20H22BrNO4. The summed E-state index contributed by atoms with van der Waals surface area (Å²) in [5.41, 5.74) is 1.06. The number of ether oxygens (including phenoxy) is 2. The maximum Gasteiger partial charge on any atom is 0.338 e. The number of anilines is 1. The topological polar surface area (TPSA) is 64.6 Å². The molecular weight excluding hydrogens is 398 g/mol. The zero-order valence-corrected chi connectivity index (χ0v) is 16.3. The fourth-order valence-corrected chi connectivity index (χ4v) is 2.43. The van der Waals surface area contributed by atoms with Crippen LogP contribution in [0.5, 0.6) is 5.75 Å². The second-order valence-corrected chi connectivity index (χ2v) is 6.63. The first-order valence-corrected chi connectivity index (χ1v) is 9.33. The highest BCUT2D eigenvalue weighted by Gasteiger charge is 2.08. The van der Waals surface area contributed by atoms with E-state index < -0.39 is 0 Å². The van der Waals surface area contributed by atoms with Gasteiger partial charge in [-0.05, 0) is 55.0 Å². The number of amides is 1. The highest BCUT2D eigenvalue weighted by Crippen LogP contribution is 2.16. The average Bonchev–Trinajstić information content (AvgIpc) is 2.65. The van der Waals surface area contributed by atoms with Gasteiger partial charge in [0, 0.05) is 10.2 Å². The molecule has 2 aromatic carbocycles. The molecule has 2 rings (SSSR count). The van der Waals surface area contributed by atoms with Gasteiger partial charge < -0.3 is 14.8 Å². The van der Waals surface area contributed by atoms with Crippen LogP contribution in [0.4, 0.5) is 5.69 Å². The summed E-state index contributed by atoms with van der Waals surface area (Å²) in [7, 11) is 0. The van der Waals surface area contributed by atoms with Crippen molar-refractivity contribution in [3.05, 3.63) is 58.6 Å². The number of unbranched alkanes of at least 4 members (excludes halogenated alkanes) is 2. The molecule has 0 atom stereocenters. The fourth-order valence-electron chi connectivity index (χ4n) is 2.17. The Labute approximate surface area is 161 Å². The van der Waals surface area contributed by atoms with Crippen LogP contribution in [0.1, 0.15) is 36.5 Å². The van der Waals surface area contributed by atoms with Crippen LogP contribution in [0.15, 0.2) is 53.0 Å². The molecule has 0 saturated carbocycles. The largest absolute Gasteiger partial charge is 0.484 e. The number of carbonyl (C=O) groups excluding carboxylic acids is 2. The van der Waals surface area contributed by atoms with E-state index in [1.807, 2.05) is 12.1 Å². The van der Waals surface area contributed by atoms with Gasteiger partial charge in [-0.2, -0.15) is 0 Å². The van der Waals surface area contributed by atoms with Gasteiger partial charge in [-0.1, -0.05) is 35.7 Å². The van der Waals surface area contributed by atoms with E-state index in [9.17, 15) is 9.59 Å². The predicted molar refractivity (Wildman–Crippen MR) is 105 cm³/mol. The highest BCUT2D eigenvalue weighted by molar-refractivity contribution is 9.10. The molecule has 0 aliphatic heterocycles. The SMILES string of the molecule is CCCCCOC(=O)c1ccc(NC(=O)COc2ccc(Br)cc2)cc1. The van der Waals surface area contributed by atoms with Gasteiger partial charge in [0.15, 0.2) is 6.61 Å². The summed E-state index contributed by atoms with van der Waals surface area (Å²) >= 11 is 3.34. The Balaban J connectivity index is 1.77. The Bertz CT molecular complexity index is 714. The Morgan fingerprint density at radius 1 is 1.00 bits per heavy atom. The van der Waals surface area contributed by atoms with Gasteiger partial charge in [-0.25, -0.2) is 4.79 Å². The number of rotatable bonds is 9. The van der Waals surface area contributed by atoms with E-state index in [1.165, 1.54) is 0 Å². The molecule has 1 amide bonds. The van der Waals surface area contributed by atoms with Crippen molar-refractivity contribution in [2.45, 2.75) is 26.2 Å². The van der Waals surface area contributed by atoms with E-state index in [0.717, 1.165) is 23.7 Å². The van der Waals surface area contributed by atoms with Crippen molar-refractivity contribution < 1.29 is 19.1 Å². The average molecular weight is 420 g/mol. The second-order valence-electron chi connectivity index (χ2n) is 5.71. The zero-order valence-electron chi connectivity index (χ0n) is 14.7. The molecule has 0 fully saturated rings. The van der Waals surface area contributed by atoms with Gasteiger partial charge >= 0.3 is 5.97 Å². The van der Waals surface area contributed by atoms with Crippen LogP contribution in [0.3, 0.4) is 0 Å². The van der Waals surface area contributed by atoms with Gasteiger partial charge in [-0.3, -0.25) is 4.79 Å². The molecule has 0 bridgehead atoms. The maximum absolute atomic E-state index is 11.9. The van der Waals surface area contributed by atoms with Gasteiger partial charge in [0.05, 0.1) is 12.2 Å². The summed E-state index contributed by atoms with van der Waals surface area (Å²) < 4.78 is 11.6. The molecule has 6 heteroatoms. The minimum absolute atomic E-state index is 0.0944. The van der Waals surface area contributed by atoms with Gasteiger partial charge in [-0.15, -0.1) is 0 Å². The summed E-state index contributed by atoms with van der Waals surface area (Å²) in [6, 6.07) is 13.8. The number of esters is 1. The Kier molecular flexibility index (Phi) is 8.15. The van der Waals surface area contributed by atoms with Crippen molar-refractivity contribution in [1.29, 1.82) is 0 Å². The molecule has 0 aliphatic rings. The normalized spacial score (nSPS) is 10.2. The van der Waals surface area contributed by atoms with Gasteiger partial charge in [0.2, 0.25) is 0 Å². The minimum Gasteiger partial charge on any atom is -0.484 e. The van der Waals surface area contributed by atoms with Crippen molar-refractivity contribution in [1.82, 2.24) is 0 Å². The lowest BCUT2D eigenvalue weighted by Gasteiger charge is -2.08. The lowest BCUT2D eigenvalue weighted by Crippen LogP contribution is -2.20. The summed E-state index contributed by atoms with van der Waals surface area (Å²) in [6.45, 7) is 2.43. The van der Waals surface area contributed by atoms with E-state index in [2.05, 4.69) is 28.2 Å². The lowest BCUT2D eigenvalue weighted by molar-refractivity contribution is -0.118. The molecule has 0 radical (unpaired) electrons. The third-order valence-electron chi connectivity index (χ3n) is 3.57. The summed E-state index contributed by atoms with van der Waals surface area (Å²) in [5, 5.41) is 2.72. The first kappa shape index (κ1) is 20.0. The number of hydrogen-bond donors (Lipinski definition) is 1. The maximum atomic E-state index is 11.9. The number of hydrogen-bond acceptors (Lipinski definition) is 4. The second kappa shape index (κ2) is 10.6. The molecule has 0 unspecified atom stereocenters. The molecule has 0 aromatic heterocycles. The van der Waals surface area contributed by atoms with Crippen molar-refractivity contribution in [2.24, 2.45) is 0 Å². The summed E-state index contributed by atoms with van der Waals surface area (Å²) in [4.78, 5) is 23.8. The zero-order chi connectivity index (χ0) is 18.8.